The van der Waals surface area contributed by atoms with Crippen molar-refractivity contribution < 1.29 is 28.6 Å². The smallest absolute Gasteiger partial charge is 0.294 e. The second-order valence-electron chi connectivity index (χ2n) is 9.80. The number of nitrogens with zero attached hydrogens (tertiary/aromatic N) is 2. The molecule has 200 valence electrons. The second kappa shape index (κ2) is 10.2. The molecule has 8 nitrogen and oxygen atoms in total. The summed E-state index contributed by atoms with van der Waals surface area (Å²) >= 11 is 0. The number of methoxy groups -OCH3 is 1. The number of Topliss-reactive ketones (excluding diaryl/α,β-unsaturated/α-hetero) is 1. The lowest BCUT2D eigenvalue weighted by Crippen LogP contribution is -2.31. The molecule has 1 aromatic heterocycles. The maximum atomic E-state index is 13.9. The molecule has 4 aromatic rings. The van der Waals surface area contributed by atoms with E-state index in [1.54, 1.807) is 60.7 Å². The van der Waals surface area contributed by atoms with E-state index >= 15 is 0 Å². The largest absolute Gasteiger partial charge is 0.503 e. The number of carbonyl (C=O) groups is 2. The summed E-state index contributed by atoms with van der Waals surface area (Å²) in [6.07, 6.45) is -0.0122. The number of hydrogen-bond acceptors (Lipinski definition) is 7. The molecule has 0 bridgehead atoms. The van der Waals surface area contributed by atoms with Crippen LogP contribution >= 0.6 is 0 Å². The summed E-state index contributed by atoms with van der Waals surface area (Å²) in [5.74, 6) is -0.733. The van der Waals surface area contributed by atoms with Gasteiger partial charge in [-0.2, -0.15) is 0 Å². The number of rotatable bonds is 8. The molecule has 1 amide bonds. The van der Waals surface area contributed by atoms with Crippen LogP contribution in [0.4, 0.5) is 11.4 Å². The molecule has 1 atom stereocenters. The van der Waals surface area contributed by atoms with E-state index in [2.05, 4.69) is 0 Å². The number of para-hydroxylation sites is 1. The lowest BCUT2D eigenvalue weighted by molar-refractivity contribution is -0.117. The minimum absolute atomic E-state index is 0.00147. The fourth-order valence-electron chi connectivity index (χ4n) is 4.77. The van der Waals surface area contributed by atoms with Crippen molar-refractivity contribution in [2.75, 3.05) is 31.0 Å². The van der Waals surface area contributed by atoms with Gasteiger partial charge in [-0.1, -0.05) is 24.3 Å². The Morgan fingerprint density at radius 2 is 1.72 bits per heavy atom. The number of ether oxygens (including phenoxy) is 2. The molecule has 0 aliphatic carbocycles. The molecule has 5 rings (SSSR count). The molecule has 39 heavy (non-hydrogen) atoms. The van der Waals surface area contributed by atoms with Crippen LogP contribution in [0.15, 0.2) is 88.5 Å². The first-order chi connectivity index (χ1) is 18.7. The van der Waals surface area contributed by atoms with Gasteiger partial charge in [-0.05, 0) is 67.9 Å². The molecule has 2 heterocycles. The number of ketones is 1. The van der Waals surface area contributed by atoms with Crippen molar-refractivity contribution >= 4 is 34.0 Å². The van der Waals surface area contributed by atoms with Crippen LogP contribution in [-0.2, 0) is 4.79 Å². The van der Waals surface area contributed by atoms with Gasteiger partial charge in [0, 0.05) is 30.9 Å². The number of carbonyl (C=O) groups excluding carboxylic acids is 2. The van der Waals surface area contributed by atoms with Gasteiger partial charge in [-0.15, -0.1) is 0 Å². The van der Waals surface area contributed by atoms with E-state index in [9.17, 15) is 14.7 Å². The van der Waals surface area contributed by atoms with Crippen LogP contribution in [0, 0.1) is 0 Å². The molecule has 1 aliphatic heterocycles. The summed E-state index contributed by atoms with van der Waals surface area (Å²) in [5, 5.41) is 11.8. The van der Waals surface area contributed by atoms with Crippen LogP contribution < -0.4 is 19.3 Å². The average Bonchev–Trinajstić information content (AvgIpc) is 3.47. The van der Waals surface area contributed by atoms with Gasteiger partial charge in [0.25, 0.3) is 5.91 Å². The van der Waals surface area contributed by atoms with Gasteiger partial charge in [-0.3, -0.25) is 14.5 Å². The zero-order chi connectivity index (χ0) is 27.8. The number of amides is 1. The zero-order valence-electron chi connectivity index (χ0n) is 22.5. The highest BCUT2D eigenvalue weighted by atomic mass is 16.5. The molecular formula is C31H30N2O6. The Kier molecular flexibility index (Phi) is 6.78. The number of anilines is 2. The Morgan fingerprint density at radius 3 is 2.33 bits per heavy atom. The van der Waals surface area contributed by atoms with Crippen molar-refractivity contribution in [3.05, 3.63) is 95.5 Å². The minimum atomic E-state index is -0.890. The predicted molar refractivity (Wildman–Crippen MR) is 150 cm³/mol. The third kappa shape index (κ3) is 4.69. The SMILES string of the molecule is COc1cccc2cc(C(=O)C3=C(O)C(=O)N(c4ccc(N(C)C)cc4)C3c3ccc(OC(C)C)cc3)oc12. The van der Waals surface area contributed by atoms with Crippen LogP contribution in [0.5, 0.6) is 11.5 Å². The molecule has 1 unspecified atom stereocenters. The van der Waals surface area contributed by atoms with E-state index in [0.29, 0.717) is 33.7 Å². The molecule has 0 saturated carbocycles. The van der Waals surface area contributed by atoms with E-state index in [1.807, 2.05) is 45.0 Å². The third-order valence-electron chi connectivity index (χ3n) is 6.62. The Balaban J connectivity index is 1.62. The lowest BCUT2D eigenvalue weighted by Gasteiger charge is -2.27. The normalized spacial score (nSPS) is 15.4. The van der Waals surface area contributed by atoms with Gasteiger partial charge in [-0.25, -0.2) is 0 Å². The van der Waals surface area contributed by atoms with E-state index in [1.165, 1.54) is 12.0 Å². The first kappa shape index (κ1) is 25.9. The Labute approximate surface area is 226 Å². The Hall–Kier alpha value is -4.72. The number of fused-ring (bicyclic) bond motifs is 1. The number of aliphatic hydroxyl groups is 1. The molecule has 0 spiro atoms. The highest BCUT2D eigenvalue weighted by molar-refractivity contribution is 6.20. The highest BCUT2D eigenvalue weighted by Crippen LogP contribution is 2.43. The fraction of sp³-hybridized carbons (Fsp3) is 0.226. The van der Waals surface area contributed by atoms with Gasteiger partial charge >= 0.3 is 0 Å². The van der Waals surface area contributed by atoms with Crippen molar-refractivity contribution in [3.8, 4) is 11.5 Å². The Morgan fingerprint density at radius 1 is 1.03 bits per heavy atom. The van der Waals surface area contributed by atoms with E-state index in [4.69, 9.17) is 13.9 Å². The van der Waals surface area contributed by atoms with Crippen LogP contribution in [0.2, 0.25) is 0 Å². The van der Waals surface area contributed by atoms with Crippen LogP contribution in [0.1, 0.15) is 36.0 Å². The highest BCUT2D eigenvalue weighted by Gasteiger charge is 2.45. The lowest BCUT2D eigenvalue weighted by atomic mass is 9.94. The molecule has 3 aromatic carbocycles. The molecular weight excluding hydrogens is 496 g/mol. The van der Waals surface area contributed by atoms with E-state index in [0.717, 1.165) is 5.69 Å². The van der Waals surface area contributed by atoms with Crippen molar-refractivity contribution in [2.24, 2.45) is 0 Å². The monoisotopic (exact) mass is 526 g/mol. The van der Waals surface area contributed by atoms with E-state index in [-0.39, 0.29) is 17.4 Å². The third-order valence-corrected chi connectivity index (χ3v) is 6.62. The summed E-state index contributed by atoms with van der Waals surface area (Å²) in [6.45, 7) is 3.87. The summed E-state index contributed by atoms with van der Waals surface area (Å²) in [5.41, 5.74) is 2.47. The molecule has 8 heteroatoms. The number of aliphatic hydroxyl groups excluding tert-OH is 1. The molecule has 0 fully saturated rings. The predicted octanol–water partition coefficient (Wildman–Crippen LogP) is 6.08. The number of furan rings is 1. The van der Waals surface area contributed by atoms with Crippen molar-refractivity contribution in [1.29, 1.82) is 0 Å². The Bertz CT molecular complexity index is 1570. The van der Waals surface area contributed by atoms with E-state index < -0.39 is 23.5 Å². The van der Waals surface area contributed by atoms with Crippen molar-refractivity contribution in [3.63, 3.8) is 0 Å². The zero-order valence-corrected chi connectivity index (χ0v) is 22.5. The van der Waals surface area contributed by atoms with Crippen molar-refractivity contribution in [1.82, 2.24) is 0 Å². The second-order valence-corrected chi connectivity index (χ2v) is 9.80. The summed E-state index contributed by atoms with van der Waals surface area (Å²) in [4.78, 5) is 30.8. The number of hydrogen-bond donors (Lipinski definition) is 1. The van der Waals surface area contributed by atoms with Crippen molar-refractivity contribution in [2.45, 2.75) is 26.0 Å². The summed E-state index contributed by atoms with van der Waals surface area (Å²) in [7, 11) is 5.36. The van der Waals surface area contributed by atoms with Gasteiger partial charge in [0.2, 0.25) is 5.78 Å². The average molecular weight is 527 g/mol. The topological polar surface area (TPSA) is 92.5 Å². The van der Waals surface area contributed by atoms with Gasteiger partial charge in [0.1, 0.15) is 5.75 Å². The van der Waals surface area contributed by atoms with Gasteiger partial charge < -0.3 is 23.9 Å². The maximum Gasteiger partial charge on any atom is 0.294 e. The molecule has 0 saturated heterocycles. The standard InChI is InChI=1S/C31H30N2O6/c1-18(2)38-23-15-9-19(10-16-23)27-26(28(34)25-17-20-7-6-8-24(37-5)30(20)39-25)29(35)31(36)33(27)22-13-11-21(12-14-22)32(3)4/h6-18,27,35H,1-5H3. The van der Waals surface area contributed by atoms with Crippen LogP contribution in [0.25, 0.3) is 11.0 Å². The first-order valence-electron chi connectivity index (χ1n) is 12.6. The quantitative estimate of drug-likeness (QED) is 0.278. The minimum Gasteiger partial charge on any atom is -0.503 e. The maximum absolute atomic E-state index is 13.9. The van der Waals surface area contributed by atoms with Gasteiger partial charge in [0.15, 0.2) is 22.9 Å². The van der Waals surface area contributed by atoms with Crippen LogP contribution in [-0.4, -0.2) is 44.1 Å². The molecule has 1 aliphatic rings. The first-order valence-corrected chi connectivity index (χ1v) is 12.6. The number of benzene rings is 3. The van der Waals surface area contributed by atoms with Crippen LogP contribution in [0.3, 0.4) is 0 Å². The van der Waals surface area contributed by atoms with Gasteiger partial charge in [0.05, 0.1) is 24.8 Å². The molecule has 0 radical (unpaired) electrons. The fourth-order valence-corrected chi connectivity index (χ4v) is 4.77. The summed E-state index contributed by atoms with van der Waals surface area (Å²) < 4.78 is 17.1. The summed E-state index contributed by atoms with van der Waals surface area (Å²) in [6, 6.07) is 20.5. The molecule has 1 N–H and O–H groups in total.